The van der Waals surface area contributed by atoms with E-state index in [4.69, 9.17) is 11.6 Å². The van der Waals surface area contributed by atoms with Gasteiger partial charge in [-0.3, -0.25) is 4.90 Å². The lowest BCUT2D eigenvalue weighted by molar-refractivity contribution is 0.244. The smallest absolute Gasteiger partial charge is 0.285 e. The summed E-state index contributed by atoms with van der Waals surface area (Å²) in [5.74, 6) is 0.455. The molecule has 0 saturated heterocycles. The number of carbonyl (C=O) groups is 1. The number of nitrogens with zero attached hydrogens (tertiary/aromatic N) is 4. The maximum Gasteiger partial charge on any atom is 0.364 e. The topological polar surface area (TPSA) is 60.1 Å². The molecule has 1 aromatic carbocycles. The molecule has 0 atom stereocenters. The van der Waals surface area contributed by atoms with Gasteiger partial charge in [-0.1, -0.05) is 17.7 Å². The van der Waals surface area contributed by atoms with E-state index in [-0.39, 0.29) is 12.6 Å². The molecule has 1 aliphatic heterocycles. The second-order valence-electron chi connectivity index (χ2n) is 4.19. The van der Waals surface area contributed by atoms with Crippen LogP contribution in [0.4, 0.5) is 10.5 Å². The van der Waals surface area contributed by atoms with Crippen LogP contribution in [-0.2, 0) is 13.1 Å². The van der Waals surface area contributed by atoms with E-state index >= 15 is 0 Å². The van der Waals surface area contributed by atoms with E-state index in [1.54, 1.807) is 36.1 Å². The van der Waals surface area contributed by atoms with Crippen LogP contribution in [-0.4, -0.2) is 20.4 Å². The largest absolute Gasteiger partial charge is 0.364 e. The number of hydrogen-bond acceptors (Lipinski definition) is 3. The summed E-state index contributed by atoms with van der Waals surface area (Å²) < 4.78 is 2.64. The molecule has 1 aliphatic rings. The molecule has 6 nitrogen and oxygen atoms in total. The minimum atomic E-state index is -0.392. The van der Waals surface area contributed by atoms with Gasteiger partial charge in [0.25, 0.3) is 0 Å². The average Bonchev–Trinajstić information content (AvgIpc) is 2.85. The molecular formula is C12H11ClN4O2. The fourth-order valence-corrected chi connectivity index (χ4v) is 2.39. The van der Waals surface area contributed by atoms with Gasteiger partial charge in [-0.15, -0.1) is 0 Å². The molecule has 0 unspecified atom stereocenters. The minimum Gasteiger partial charge on any atom is -0.285 e. The molecule has 3 rings (SSSR count). The molecule has 98 valence electrons. The number of amides is 1. The molecule has 1 aromatic heterocycles. The summed E-state index contributed by atoms with van der Waals surface area (Å²) in [4.78, 5) is 29.3. The number of hydrogen-bond donors (Lipinski definition) is 0. The Morgan fingerprint density at radius 3 is 2.84 bits per heavy atom. The van der Waals surface area contributed by atoms with Gasteiger partial charge in [0, 0.05) is 17.3 Å². The van der Waals surface area contributed by atoms with Crippen LogP contribution in [0.2, 0.25) is 5.02 Å². The number of aromatic nitrogens is 3. The van der Waals surface area contributed by atoms with Crippen molar-refractivity contribution in [3.8, 4) is 0 Å². The molecule has 0 saturated carbocycles. The Balaban J connectivity index is 2.05. The van der Waals surface area contributed by atoms with Gasteiger partial charge in [-0.25, -0.2) is 14.3 Å². The van der Waals surface area contributed by atoms with Gasteiger partial charge in [-0.05, 0) is 25.1 Å². The molecule has 7 heteroatoms. The normalized spacial score (nSPS) is 14.0. The van der Waals surface area contributed by atoms with Gasteiger partial charge >= 0.3 is 11.7 Å². The average molecular weight is 279 g/mol. The SMILES string of the molecule is CCn1c(=O)nc2n1C(=O)N(c1cccc(Cl)c1)C2. The predicted octanol–water partition coefficient (Wildman–Crippen LogP) is 1.71. The quantitative estimate of drug-likeness (QED) is 0.840. The van der Waals surface area contributed by atoms with E-state index in [0.29, 0.717) is 23.1 Å². The van der Waals surface area contributed by atoms with Crippen molar-refractivity contribution in [2.75, 3.05) is 4.90 Å². The number of halogens is 1. The first-order valence-corrected chi connectivity index (χ1v) is 6.25. The number of fused-ring (bicyclic) bond motifs is 1. The maximum absolute atomic E-state index is 12.3. The third kappa shape index (κ3) is 1.76. The first-order chi connectivity index (χ1) is 9.11. The van der Waals surface area contributed by atoms with Crippen molar-refractivity contribution in [1.82, 2.24) is 14.3 Å². The molecule has 0 spiro atoms. The Bertz CT molecular complexity index is 719. The lowest BCUT2D eigenvalue weighted by atomic mass is 10.3. The van der Waals surface area contributed by atoms with Crippen molar-refractivity contribution in [3.05, 3.63) is 45.6 Å². The standard InChI is InChI=1S/C12H11ClN4O2/c1-2-16-11(18)14-10-7-15(12(19)17(10)16)9-5-3-4-8(13)6-9/h3-6H,2,7H2,1H3. The van der Waals surface area contributed by atoms with Crippen LogP contribution in [0.25, 0.3) is 0 Å². The van der Waals surface area contributed by atoms with Crippen LogP contribution in [0.15, 0.2) is 29.1 Å². The lowest BCUT2D eigenvalue weighted by Gasteiger charge is -2.15. The third-order valence-electron chi connectivity index (χ3n) is 3.06. The van der Waals surface area contributed by atoms with Crippen LogP contribution >= 0.6 is 11.6 Å². The lowest BCUT2D eigenvalue weighted by Crippen LogP contribution is -2.33. The van der Waals surface area contributed by atoms with Crippen LogP contribution < -0.4 is 10.6 Å². The molecule has 0 radical (unpaired) electrons. The molecule has 0 aliphatic carbocycles. The zero-order valence-corrected chi connectivity index (χ0v) is 11.0. The van der Waals surface area contributed by atoms with Crippen molar-refractivity contribution < 1.29 is 4.79 Å². The Morgan fingerprint density at radius 2 is 2.16 bits per heavy atom. The van der Waals surface area contributed by atoms with Crippen molar-refractivity contribution >= 4 is 23.3 Å². The summed E-state index contributed by atoms with van der Waals surface area (Å²) in [6, 6.07) is 6.74. The van der Waals surface area contributed by atoms with E-state index in [0.717, 1.165) is 0 Å². The van der Waals surface area contributed by atoms with E-state index in [1.807, 2.05) is 0 Å². The van der Waals surface area contributed by atoms with Crippen molar-refractivity contribution in [2.45, 2.75) is 20.0 Å². The van der Waals surface area contributed by atoms with Gasteiger partial charge in [0.15, 0.2) is 5.82 Å². The van der Waals surface area contributed by atoms with Crippen LogP contribution in [0.5, 0.6) is 0 Å². The summed E-state index contributed by atoms with van der Waals surface area (Å²) in [7, 11) is 0. The van der Waals surface area contributed by atoms with Crippen LogP contribution in [0.3, 0.4) is 0 Å². The van der Waals surface area contributed by atoms with Crippen molar-refractivity contribution in [2.24, 2.45) is 0 Å². The molecular weight excluding hydrogens is 268 g/mol. The maximum atomic E-state index is 12.3. The van der Waals surface area contributed by atoms with Crippen molar-refractivity contribution in [3.63, 3.8) is 0 Å². The molecule has 19 heavy (non-hydrogen) atoms. The van der Waals surface area contributed by atoms with Gasteiger partial charge in [0.2, 0.25) is 0 Å². The monoisotopic (exact) mass is 278 g/mol. The van der Waals surface area contributed by atoms with Gasteiger partial charge in [0.05, 0.1) is 6.54 Å². The highest BCUT2D eigenvalue weighted by Crippen LogP contribution is 2.25. The number of anilines is 1. The van der Waals surface area contributed by atoms with Crippen LogP contribution in [0, 0.1) is 0 Å². The minimum absolute atomic E-state index is 0.279. The molecule has 0 fully saturated rings. The summed E-state index contributed by atoms with van der Waals surface area (Å²) in [5, 5.41) is 0.558. The second-order valence-corrected chi connectivity index (χ2v) is 4.62. The van der Waals surface area contributed by atoms with E-state index in [9.17, 15) is 9.59 Å². The highest BCUT2D eigenvalue weighted by Gasteiger charge is 2.32. The Kier molecular flexibility index (Phi) is 2.67. The Morgan fingerprint density at radius 1 is 1.37 bits per heavy atom. The highest BCUT2D eigenvalue weighted by atomic mass is 35.5. The van der Waals surface area contributed by atoms with Gasteiger partial charge in [0.1, 0.15) is 0 Å². The Hall–Kier alpha value is -2.08. The molecule has 0 bridgehead atoms. The summed E-state index contributed by atoms with van der Waals surface area (Å²) >= 11 is 5.92. The van der Waals surface area contributed by atoms with Crippen LogP contribution in [0.1, 0.15) is 12.7 Å². The zero-order chi connectivity index (χ0) is 13.6. The number of carbonyl (C=O) groups excluding carboxylic acids is 1. The summed E-state index contributed by atoms with van der Waals surface area (Å²) in [6.07, 6.45) is 0. The van der Waals surface area contributed by atoms with E-state index < -0.39 is 5.69 Å². The zero-order valence-electron chi connectivity index (χ0n) is 10.2. The van der Waals surface area contributed by atoms with Gasteiger partial charge < -0.3 is 0 Å². The fourth-order valence-electron chi connectivity index (χ4n) is 2.20. The highest BCUT2D eigenvalue weighted by molar-refractivity contribution is 6.30. The summed E-state index contributed by atoms with van der Waals surface area (Å²) in [5.41, 5.74) is 0.301. The first-order valence-electron chi connectivity index (χ1n) is 5.88. The van der Waals surface area contributed by atoms with E-state index in [1.165, 1.54) is 9.36 Å². The summed E-state index contributed by atoms with van der Waals surface area (Å²) in [6.45, 7) is 2.48. The number of rotatable bonds is 2. The van der Waals surface area contributed by atoms with E-state index in [2.05, 4.69) is 4.98 Å². The second kappa shape index (κ2) is 4.24. The Labute approximate surface area is 113 Å². The third-order valence-corrected chi connectivity index (χ3v) is 3.30. The molecule has 1 amide bonds. The predicted molar refractivity (Wildman–Crippen MR) is 70.6 cm³/mol. The first kappa shape index (κ1) is 12.0. The molecule has 0 N–H and O–H groups in total. The molecule has 2 heterocycles. The van der Waals surface area contributed by atoms with Crippen molar-refractivity contribution in [1.29, 1.82) is 0 Å². The number of benzene rings is 1. The van der Waals surface area contributed by atoms with Gasteiger partial charge in [-0.2, -0.15) is 9.67 Å². The molecule has 2 aromatic rings. The fraction of sp³-hybridized carbons (Fsp3) is 0.250.